The Balaban J connectivity index is 1.52. The quantitative estimate of drug-likeness (QED) is 0.833. The molecule has 1 aliphatic carbocycles. The Morgan fingerprint density at radius 2 is 1.89 bits per heavy atom. The lowest BCUT2D eigenvalue weighted by molar-refractivity contribution is 0.0318. The summed E-state index contributed by atoms with van der Waals surface area (Å²) in [5, 5.41) is 3.92. The molecule has 4 atom stereocenters. The van der Waals surface area contributed by atoms with Crippen LogP contribution in [0, 0.1) is 0 Å². The summed E-state index contributed by atoms with van der Waals surface area (Å²) < 4.78 is 5.66. The fourth-order valence-electron chi connectivity index (χ4n) is 4.25. The molecule has 3 heteroatoms. The molecule has 3 aliphatic rings. The van der Waals surface area contributed by atoms with Crippen LogP contribution in [0.3, 0.4) is 0 Å². The van der Waals surface area contributed by atoms with Crippen LogP contribution in [-0.4, -0.2) is 49.3 Å². The SMILES string of the molecule is COC1CCCCC1NC1CCN2CCCC2C1. The van der Waals surface area contributed by atoms with Gasteiger partial charge in [0.1, 0.15) is 0 Å². The van der Waals surface area contributed by atoms with Crippen molar-refractivity contribution in [2.24, 2.45) is 0 Å². The Labute approximate surface area is 111 Å². The van der Waals surface area contributed by atoms with E-state index in [0.717, 1.165) is 12.1 Å². The second-order valence-corrected chi connectivity index (χ2v) is 6.39. The summed E-state index contributed by atoms with van der Waals surface area (Å²) in [6.45, 7) is 2.66. The van der Waals surface area contributed by atoms with Gasteiger partial charge in [0, 0.05) is 25.2 Å². The first-order chi connectivity index (χ1) is 8.86. The summed E-state index contributed by atoms with van der Waals surface area (Å²) in [5.41, 5.74) is 0. The average molecular weight is 252 g/mol. The molecule has 1 N–H and O–H groups in total. The van der Waals surface area contributed by atoms with Crippen molar-refractivity contribution in [2.75, 3.05) is 20.2 Å². The smallest absolute Gasteiger partial charge is 0.0724 e. The number of nitrogens with zero attached hydrogens (tertiary/aromatic N) is 1. The van der Waals surface area contributed by atoms with Crippen LogP contribution in [0.1, 0.15) is 51.4 Å². The molecule has 3 fully saturated rings. The Hall–Kier alpha value is -0.120. The summed E-state index contributed by atoms with van der Waals surface area (Å²) in [4.78, 5) is 2.70. The van der Waals surface area contributed by atoms with Crippen LogP contribution in [0.25, 0.3) is 0 Å². The molecule has 2 saturated heterocycles. The van der Waals surface area contributed by atoms with Crippen LogP contribution in [0.4, 0.5) is 0 Å². The van der Waals surface area contributed by atoms with E-state index in [4.69, 9.17) is 4.74 Å². The van der Waals surface area contributed by atoms with E-state index in [0.29, 0.717) is 12.1 Å². The van der Waals surface area contributed by atoms with Gasteiger partial charge in [0.2, 0.25) is 0 Å². The van der Waals surface area contributed by atoms with E-state index < -0.39 is 0 Å². The lowest BCUT2D eigenvalue weighted by atomic mass is 9.89. The van der Waals surface area contributed by atoms with Crippen LogP contribution in [-0.2, 0) is 4.74 Å². The van der Waals surface area contributed by atoms with Gasteiger partial charge in [-0.2, -0.15) is 0 Å². The van der Waals surface area contributed by atoms with Crippen LogP contribution < -0.4 is 5.32 Å². The van der Waals surface area contributed by atoms with Crippen molar-refractivity contribution in [1.82, 2.24) is 10.2 Å². The minimum atomic E-state index is 0.459. The van der Waals surface area contributed by atoms with Gasteiger partial charge in [-0.25, -0.2) is 0 Å². The highest BCUT2D eigenvalue weighted by Crippen LogP contribution is 2.28. The molecule has 0 spiro atoms. The number of rotatable bonds is 3. The molecule has 0 bridgehead atoms. The molecule has 0 amide bonds. The summed E-state index contributed by atoms with van der Waals surface area (Å²) in [6, 6.07) is 2.23. The summed E-state index contributed by atoms with van der Waals surface area (Å²) in [5.74, 6) is 0. The zero-order chi connectivity index (χ0) is 12.4. The third-order valence-electron chi connectivity index (χ3n) is 5.28. The standard InChI is InChI=1S/C15H28N2O/c1-18-15-7-3-2-6-14(15)16-12-8-10-17-9-4-5-13(17)11-12/h12-16H,2-11H2,1H3. The first-order valence-electron chi connectivity index (χ1n) is 7.89. The van der Waals surface area contributed by atoms with Gasteiger partial charge in [0.15, 0.2) is 0 Å². The maximum atomic E-state index is 5.66. The van der Waals surface area contributed by atoms with Crippen molar-refractivity contribution in [3.05, 3.63) is 0 Å². The Morgan fingerprint density at radius 1 is 1.00 bits per heavy atom. The van der Waals surface area contributed by atoms with Crippen molar-refractivity contribution >= 4 is 0 Å². The summed E-state index contributed by atoms with van der Waals surface area (Å²) in [6.07, 6.45) is 11.3. The van der Waals surface area contributed by atoms with Gasteiger partial charge >= 0.3 is 0 Å². The first-order valence-corrected chi connectivity index (χ1v) is 7.89. The van der Waals surface area contributed by atoms with E-state index in [9.17, 15) is 0 Å². The molecule has 0 aromatic rings. The molecule has 0 aromatic carbocycles. The van der Waals surface area contributed by atoms with Crippen LogP contribution in [0.5, 0.6) is 0 Å². The molecule has 0 aromatic heterocycles. The van der Waals surface area contributed by atoms with Gasteiger partial charge in [-0.05, 0) is 51.6 Å². The predicted molar refractivity (Wildman–Crippen MR) is 73.8 cm³/mol. The van der Waals surface area contributed by atoms with Crippen LogP contribution in [0.15, 0.2) is 0 Å². The monoisotopic (exact) mass is 252 g/mol. The highest BCUT2D eigenvalue weighted by molar-refractivity contribution is 4.92. The molecule has 18 heavy (non-hydrogen) atoms. The Morgan fingerprint density at radius 3 is 2.78 bits per heavy atom. The largest absolute Gasteiger partial charge is 0.380 e. The maximum Gasteiger partial charge on any atom is 0.0724 e. The van der Waals surface area contributed by atoms with Gasteiger partial charge in [-0.3, -0.25) is 0 Å². The number of hydrogen-bond donors (Lipinski definition) is 1. The van der Waals surface area contributed by atoms with Crippen molar-refractivity contribution in [3.8, 4) is 0 Å². The van der Waals surface area contributed by atoms with E-state index in [1.165, 1.54) is 64.5 Å². The Kier molecular flexibility index (Phi) is 4.22. The molecule has 1 saturated carbocycles. The summed E-state index contributed by atoms with van der Waals surface area (Å²) in [7, 11) is 1.88. The lowest BCUT2D eigenvalue weighted by Gasteiger charge is -2.39. The first kappa shape index (κ1) is 12.9. The van der Waals surface area contributed by atoms with Crippen LogP contribution >= 0.6 is 0 Å². The molecule has 3 rings (SSSR count). The molecular formula is C15H28N2O. The fourth-order valence-corrected chi connectivity index (χ4v) is 4.25. The van der Waals surface area contributed by atoms with E-state index >= 15 is 0 Å². The number of piperidine rings is 1. The topological polar surface area (TPSA) is 24.5 Å². The zero-order valence-electron chi connectivity index (χ0n) is 11.7. The van der Waals surface area contributed by atoms with E-state index in [2.05, 4.69) is 10.2 Å². The number of fused-ring (bicyclic) bond motifs is 1. The molecule has 3 nitrogen and oxygen atoms in total. The third kappa shape index (κ3) is 2.73. The lowest BCUT2D eigenvalue weighted by Crippen LogP contribution is -2.52. The predicted octanol–water partition coefficient (Wildman–Crippen LogP) is 2.16. The minimum absolute atomic E-state index is 0.459. The molecular weight excluding hydrogens is 224 g/mol. The highest BCUT2D eigenvalue weighted by atomic mass is 16.5. The fraction of sp³-hybridized carbons (Fsp3) is 1.00. The average Bonchev–Trinajstić information content (AvgIpc) is 2.87. The second-order valence-electron chi connectivity index (χ2n) is 6.39. The number of hydrogen-bond acceptors (Lipinski definition) is 3. The van der Waals surface area contributed by atoms with E-state index in [1.807, 2.05) is 7.11 Å². The highest BCUT2D eigenvalue weighted by Gasteiger charge is 2.34. The van der Waals surface area contributed by atoms with Gasteiger partial charge in [-0.15, -0.1) is 0 Å². The second kappa shape index (κ2) is 5.89. The van der Waals surface area contributed by atoms with Gasteiger partial charge in [-0.1, -0.05) is 12.8 Å². The van der Waals surface area contributed by atoms with E-state index in [-0.39, 0.29) is 0 Å². The number of nitrogens with one attached hydrogen (secondary N) is 1. The number of methoxy groups -OCH3 is 1. The third-order valence-corrected chi connectivity index (χ3v) is 5.28. The van der Waals surface area contributed by atoms with Crippen molar-refractivity contribution in [3.63, 3.8) is 0 Å². The molecule has 4 unspecified atom stereocenters. The van der Waals surface area contributed by atoms with Crippen LogP contribution in [0.2, 0.25) is 0 Å². The summed E-state index contributed by atoms with van der Waals surface area (Å²) >= 11 is 0. The minimum Gasteiger partial charge on any atom is -0.380 e. The zero-order valence-corrected chi connectivity index (χ0v) is 11.7. The van der Waals surface area contributed by atoms with Crippen molar-refractivity contribution in [1.29, 1.82) is 0 Å². The Bertz CT molecular complexity index is 271. The normalized spacial score (nSPS) is 41.8. The van der Waals surface area contributed by atoms with Gasteiger partial charge < -0.3 is 15.0 Å². The van der Waals surface area contributed by atoms with Crippen molar-refractivity contribution < 1.29 is 4.74 Å². The van der Waals surface area contributed by atoms with Gasteiger partial charge in [0.25, 0.3) is 0 Å². The van der Waals surface area contributed by atoms with E-state index in [1.54, 1.807) is 0 Å². The molecule has 104 valence electrons. The molecule has 2 heterocycles. The molecule has 0 radical (unpaired) electrons. The van der Waals surface area contributed by atoms with Gasteiger partial charge in [0.05, 0.1) is 6.10 Å². The van der Waals surface area contributed by atoms with Crippen molar-refractivity contribution in [2.45, 2.75) is 75.6 Å². The molecule has 2 aliphatic heterocycles. The number of ether oxygens (including phenoxy) is 1. The maximum absolute atomic E-state index is 5.66.